The molecule has 2 aromatic carbocycles. The van der Waals surface area contributed by atoms with Gasteiger partial charge in [0.1, 0.15) is 13.2 Å². The maximum Gasteiger partial charge on any atom is 0.323 e. The Morgan fingerprint density at radius 2 is 1.94 bits per heavy atom. The summed E-state index contributed by atoms with van der Waals surface area (Å²) in [5.74, 6) is -1.18. The summed E-state index contributed by atoms with van der Waals surface area (Å²) in [5.41, 5.74) is 1.46. The summed E-state index contributed by atoms with van der Waals surface area (Å²) in [5, 5.41) is 8.51. The quantitative estimate of drug-likeness (QED) is 0.473. The first-order chi connectivity index (χ1) is 14.8. The van der Waals surface area contributed by atoms with Gasteiger partial charge in [-0.2, -0.15) is 0 Å². The number of carbonyl (C=O) groups is 3. The average Bonchev–Trinajstić information content (AvgIpc) is 2.96. The van der Waals surface area contributed by atoms with E-state index in [2.05, 4.69) is 15.9 Å². The molecule has 0 bridgehead atoms. The van der Waals surface area contributed by atoms with Crippen molar-refractivity contribution in [1.82, 2.24) is 4.90 Å². The largest absolute Gasteiger partial charge is 0.490 e. The van der Waals surface area contributed by atoms with Crippen molar-refractivity contribution in [2.45, 2.75) is 13.5 Å². The van der Waals surface area contributed by atoms with Crippen molar-refractivity contribution in [2.24, 2.45) is 0 Å². The maximum atomic E-state index is 12.4. The van der Waals surface area contributed by atoms with Crippen LogP contribution in [0.15, 0.2) is 45.8 Å². The molecule has 1 N–H and O–H groups in total. The maximum absolute atomic E-state index is 12.4. The average molecular weight is 527 g/mol. The monoisotopic (exact) mass is 525 g/mol. The number of carbonyl (C=O) groups excluding carboxylic acids is 2. The van der Waals surface area contributed by atoms with Gasteiger partial charge in [-0.1, -0.05) is 39.7 Å². The number of imide groups is 1. The van der Waals surface area contributed by atoms with Crippen molar-refractivity contribution in [1.29, 1.82) is 0 Å². The first-order valence-electron chi connectivity index (χ1n) is 9.09. The van der Waals surface area contributed by atoms with Crippen LogP contribution >= 0.6 is 39.3 Å². The van der Waals surface area contributed by atoms with E-state index < -0.39 is 23.7 Å². The molecule has 10 heteroatoms. The standard InChI is InChI=1S/C21H17BrClNO6S/c1-2-29-16-8-13(9-17-20(27)24(10-18(25)26)21(28)31-17)7-15(23)19(16)30-11-12-3-5-14(22)6-4-12/h3-9H,2,10-11H2,1H3,(H,25,26)/b17-9+. The lowest BCUT2D eigenvalue weighted by Crippen LogP contribution is -2.33. The topological polar surface area (TPSA) is 93.1 Å². The molecule has 1 fully saturated rings. The van der Waals surface area contributed by atoms with Gasteiger partial charge in [-0.15, -0.1) is 0 Å². The van der Waals surface area contributed by atoms with Crippen LogP contribution < -0.4 is 9.47 Å². The number of ether oxygens (including phenoxy) is 2. The van der Waals surface area contributed by atoms with Crippen molar-refractivity contribution >= 4 is 62.5 Å². The SMILES string of the molecule is CCOc1cc(/C=C2/SC(=O)N(CC(=O)O)C2=O)cc(Cl)c1OCc1ccc(Br)cc1. The van der Waals surface area contributed by atoms with E-state index in [0.29, 0.717) is 40.3 Å². The molecule has 31 heavy (non-hydrogen) atoms. The molecule has 1 aliphatic heterocycles. The highest BCUT2D eigenvalue weighted by molar-refractivity contribution is 9.10. The first kappa shape index (κ1) is 23.2. The molecular weight excluding hydrogens is 510 g/mol. The number of rotatable bonds is 8. The van der Waals surface area contributed by atoms with Gasteiger partial charge in [0, 0.05) is 4.47 Å². The molecule has 0 atom stereocenters. The van der Waals surface area contributed by atoms with Crippen LogP contribution in [-0.2, 0) is 16.2 Å². The molecule has 0 unspecified atom stereocenters. The van der Waals surface area contributed by atoms with Crippen LogP contribution in [0, 0.1) is 0 Å². The summed E-state index contributed by atoms with van der Waals surface area (Å²) in [6.45, 7) is 1.77. The predicted octanol–water partition coefficient (Wildman–Crippen LogP) is 5.20. The summed E-state index contributed by atoms with van der Waals surface area (Å²) in [4.78, 5) is 36.0. The lowest BCUT2D eigenvalue weighted by molar-refractivity contribution is -0.140. The number of thioether (sulfide) groups is 1. The smallest absolute Gasteiger partial charge is 0.323 e. The van der Waals surface area contributed by atoms with Crippen molar-refractivity contribution in [3.05, 3.63) is 61.9 Å². The van der Waals surface area contributed by atoms with Crippen molar-refractivity contribution in [3.8, 4) is 11.5 Å². The second-order valence-corrected chi connectivity index (χ2v) is 8.66. The summed E-state index contributed by atoms with van der Waals surface area (Å²) >= 11 is 10.5. The van der Waals surface area contributed by atoms with Gasteiger partial charge in [0.05, 0.1) is 16.5 Å². The van der Waals surface area contributed by atoms with E-state index in [0.717, 1.165) is 10.0 Å². The predicted molar refractivity (Wildman–Crippen MR) is 121 cm³/mol. The molecule has 7 nitrogen and oxygen atoms in total. The van der Waals surface area contributed by atoms with Crippen LogP contribution in [-0.4, -0.2) is 40.3 Å². The Balaban J connectivity index is 1.85. The fourth-order valence-electron chi connectivity index (χ4n) is 2.73. The molecule has 0 aromatic heterocycles. The number of benzene rings is 2. The highest BCUT2D eigenvalue weighted by atomic mass is 79.9. The number of hydrogen-bond acceptors (Lipinski definition) is 6. The normalized spacial score (nSPS) is 14.9. The zero-order chi connectivity index (χ0) is 22.5. The molecule has 0 saturated carbocycles. The third kappa shape index (κ3) is 5.81. The Morgan fingerprint density at radius 1 is 1.23 bits per heavy atom. The van der Waals surface area contributed by atoms with Gasteiger partial charge in [0.2, 0.25) is 0 Å². The molecule has 2 aromatic rings. The van der Waals surface area contributed by atoms with Crippen LogP contribution in [0.25, 0.3) is 6.08 Å². The molecule has 1 aliphatic rings. The second-order valence-electron chi connectivity index (χ2n) is 6.34. The summed E-state index contributed by atoms with van der Waals surface area (Å²) < 4.78 is 12.5. The highest BCUT2D eigenvalue weighted by Gasteiger charge is 2.36. The van der Waals surface area contributed by atoms with E-state index >= 15 is 0 Å². The number of hydrogen-bond donors (Lipinski definition) is 1. The van der Waals surface area contributed by atoms with Gasteiger partial charge in [-0.05, 0) is 60.2 Å². The zero-order valence-electron chi connectivity index (χ0n) is 16.3. The third-order valence-corrected chi connectivity index (χ3v) is 5.81. The van der Waals surface area contributed by atoms with Gasteiger partial charge in [0.25, 0.3) is 11.1 Å². The fraction of sp³-hybridized carbons (Fsp3) is 0.190. The van der Waals surface area contributed by atoms with E-state index in [1.54, 1.807) is 12.1 Å². The molecule has 0 radical (unpaired) electrons. The van der Waals surface area contributed by atoms with Crippen LogP contribution in [0.4, 0.5) is 4.79 Å². The Kier molecular flexibility index (Phi) is 7.64. The van der Waals surface area contributed by atoms with E-state index in [1.807, 2.05) is 31.2 Å². The second kappa shape index (κ2) is 10.2. The van der Waals surface area contributed by atoms with E-state index in [9.17, 15) is 14.4 Å². The molecule has 2 amide bonds. The minimum atomic E-state index is -1.27. The summed E-state index contributed by atoms with van der Waals surface area (Å²) in [6, 6.07) is 10.9. The van der Waals surface area contributed by atoms with Gasteiger partial charge >= 0.3 is 5.97 Å². The number of nitrogens with zero attached hydrogens (tertiary/aromatic N) is 1. The zero-order valence-corrected chi connectivity index (χ0v) is 19.4. The van der Waals surface area contributed by atoms with Gasteiger partial charge in [-0.3, -0.25) is 19.3 Å². The van der Waals surface area contributed by atoms with Crippen LogP contribution in [0.2, 0.25) is 5.02 Å². The van der Waals surface area contributed by atoms with Gasteiger partial charge in [-0.25, -0.2) is 0 Å². The lowest BCUT2D eigenvalue weighted by Gasteiger charge is -2.15. The van der Waals surface area contributed by atoms with E-state index in [-0.39, 0.29) is 16.5 Å². The number of halogens is 2. The highest BCUT2D eigenvalue weighted by Crippen LogP contribution is 2.39. The Hall–Kier alpha value is -2.49. The molecule has 1 heterocycles. The van der Waals surface area contributed by atoms with Crippen molar-refractivity contribution in [2.75, 3.05) is 13.2 Å². The van der Waals surface area contributed by atoms with Crippen LogP contribution in [0.5, 0.6) is 11.5 Å². The minimum Gasteiger partial charge on any atom is -0.490 e. The molecule has 162 valence electrons. The number of carboxylic acid groups (broad SMARTS) is 1. The third-order valence-electron chi connectivity index (χ3n) is 4.09. The first-order valence-corrected chi connectivity index (χ1v) is 11.1. The number of amides is 2. The van der Waals surface area contributed by atoms with Crippen LogP contribution in [0.1, 0.15) is 18.1 Å². The number of carboxylic acids is 1. The molecule has 0 spiro atoms. The Morgan fingerprint density at radius 3 is 2.58 bits per heavy atom. The van der Waals surface area contributed by atoms with E-state index in [1.165, 1.54) is 6.08 Å². The summed E-state index contributed by atoms with van der Waals surface area (Å²) in [7, 11) is 0. The minimum absolute atomic E-state index is 0.105. The Labute approximate surface area is 196 Å². The Bertz CT molecular complexity index is 1060. The van der Waals surface area contributed by atoms with Crippen molar-refractivity contribution in [3.63, 3.8) is 0 Å². The summed E-state index contributed by atoms with van der Waals surface area (Å²) in [6.07, 6.45) is 1.47. The molecule has 3 rings (SSSR count). The molecule has 0 aliphatic carbocycles. The van der Waals surface area contributed by atoms with Crippen molar-refractivity contribution < 1.29 is 29.0 Å². The van der Waals surface area contributed by atoms with E-state index in [4.69, 9.17) is 26.2 Å². The van der Waals surface area contributed by atoms with Crippen LogP contribution in [0.3, 0.4) is 0 Å². The fourth-order valence-corrected chi connectivity index (χ4v) is 4.11. The van der Waals surface area contributed by atoms with Gasteiger partial charge < -0.3 is 14.6 Å². The number of aliphatic carboxylic acids is 1. The lowest BCUT2D eigenvalue weighted by atomic mass is 10.1. The molecular formula is C21H17BrClNO6S. The van der Waals surface area contributed by atoms with Gasteiger partial charge in [0.15, 0.2) is 11.5 Å². The molecule has 1 saturated heterocycles.